The molecule has 9 heteroatoms. The smallest absolute Gasteiger partial charge is 0.273 e. The number of ether oxygens (including phenoxy) is 2. The van der Waals surface area contributed by atoms with Crippen molar-refractivity contribution in [3.05, 3.63) is 90.0 Å². The van der Waals surface area contributed by atoms with Crippen LogP contribution < -0.4 is 19.8 Å². The maximum absolute atomic E-state index is 13.5. The largest absolute Gasteiger partial charge is 0.486 e. The summed E-state index contributed by atoms with van der Waals surface area (Å²) in [5.74, 6) is -1.24. The molecule has 1 fully saturated rings. The Labute approximate surface area is 207 Å². The quantitative estimate of drug-likeness (QED) is 0.440. The Balaban J connectivity index is 1.42. The van der Waals surface area contributed by atoms with Crippen molar-refractivity contribution in [3.63, 3.8) is 0 Å². The van der Waals surface area contributed by atoms with Crippen LogP contribution in [0.2, 0.25) is 0 Å². The van der Waals surface area contributed by atoms with Crippen LogP contribution in [0.5, 0.6) is 11.5 Å². The molecule has 1 N–H and O–H groups in total. The van der Waals surface area contributed by atoms with E-state index in [1.165, 1.54) is 0 Å². The zero-order valence-corrected chi connectivity index (χ0v) is 19.3. The molecule has 0 saturated carbocycles. The van der Waals surface area contributed by atoms with Crippen molar-refractivity contribution in [2.75, 3.05) is 18.1 Å². The van der Waals surface area contributed by atoms with E-state index in [2.05, 4.69) is 5.43 Å². The van der Waals surface area contributed by atoms with Crippen LogP contribution in [0, 0.1) is 0 Å². The van der Waals surface area contributed by atoms with Gasteiger partial charge in [-0.25, -0.2) is 9.91 Å². The molecule has 4 amide bonds. The number of rotatable bonds is 5. The number of benzene rings is 3. The van der Waals surface area contributed by atoms with Crippen molar-refractivity contribution in [1.82, 2.24) is 10.4 Å². The molecule has 1 saturated heterocycles. The predicted molar refractivity (Wildman–Crippen MR) is 129 cm³/mol. The Bertz CT molecular complexity index is 1310. The minimum absolute atomic E-state index is 0.000141. The van der Waals surface area contributed by atoms with Gasteiger partial charge in [0.2, 0.25) is 11.8 Å². The number of fused-ring (bicyclic) bond motifs is 1. The summed E-state index contributed by atoms with van der Waals surface area (Å²) in [6.07, 6.45) is -0.280. The highest BCUT2D eigenvalue weighted by molar-refractivity contribution is 6.23. The summed E-state index contributed by atoms with van der Waals surface area (Å²) >= 11 is 0. The summed E-state index contributed by atoms with van der Waals surface area (Å²) in [5, 5.41) is 0.971. The minimum Gasteiger partial charge on any atom is -0.486 e. The van der Waals surface area contributed by atoms with Crippen LogP contribution in [0.1, 0.15) is 22.3 Å². The summed E-state index contributed by atoms with van der Waals surface area (Å²) < 4.78 is 11.1. The third kappa shape index (κ3) is 4.63. The second kappa shape index (κ2) is 9.91. The van der Waals surface area contributed by atoms with E-state index in [0.717, 1.165) is 15.5 Å². The van der Waals surface area contributed by atoms with Gasteiger partial charge in [0.25, 0.3) is 11.8 Å². The fourth-order valence-electron chi connectivity index (χ4n) is 4.21. The molecule has 5 rings (SSSR count). The van der Waals surface area contributed by atoms with Crippen LogP contribution >= 0.6 is 0 Å². The molecule has 0 bridgehead atoms. The van der Waals surface area contributed by atoms with Gasteiger partial charge in [-0.1, -0.05) is 48.5 Å². The monoisotopic (exact) mass is 485 g/mol. The van der Waals surface area contributed by atoms with Crippen LogP contribution in [0.25, 0.3) is 0 Å². The van der Waals surface area contributed by atoms with Gasteiger partial charge in [0.15, 0.2) is 11.5 Å². The van der Waals surface area contributed by atoms with E-state index in [9.17, 15) is 19.2 Å². The molecule has 3 aromatic rings. The van der Waals surface area contributed by atoms with Crippen LogP contribution in [-0.2, 0) is 20.8 Å². The molecule has 1 atom stereocenters. The SMILES string of the molecule is O=C(Cc1ccccc1)NN(C(=O)c1ccccc1)C1CC(=O)N(c2ccc3c(c2)OCCO3)C1=O. The number of amides is 4. The highest BCUT2D eigenvalue weighted by Gasteiger charge is 2.45. The van der Waals surface area contributed by atoms with E-state index in [4.69, 9.17) is 9.47 Å². The first-order valence-electron chi connectivity index (χ1n) is 11.5. The number of nitrogens with zero attached hydrogens (tertiary/aromatic N) is 2. The Morgan fingerprint density at radius 2 is 1.56 bits per heavy atom. The summed E-state index contributed by atoms with van der Waals surface area (Å²) in [6, 6.07) is 20.9. The summed E-state index contributed by atoms with van der Waals surface area (Å²) in [5.41, 5.74) is 3.90. The van der Waals surface area contributed by atoms with Gasteiger partial charge < -0.3 is 9.47 Å². The van der Waals surface area contributed by atoms with Gasteiger partial charge in [0.1, 0.15) is 19.3 Å². The molecule has 0 aliphatic carbocycles. The molecule has 3 aromatic carbocycles. The molecular weight excluding hydrogens is 462 g/mol. The third-order valence-corrected chi connectivity index (χ3v) is 5.91. The Hall–Kier alpha value is -4.66. The zero-order chi connectivity index (χ0) is 25.1. The van der Waals surface area contributed by atoms with Crippen molar-refractivity contribution in [2.45, 2.75) is 18.9 Å². The molecule has 9 nitrogen and oxygen atoms in total. The molecule has 2 heterocycles. The molecule has 1 unspecified atom stereocenters. The number of anilines is 1. The van der Waals surface area contributed by atoms with E-state index >= 15 is 0 Å². The second-order valence-electron chi connectivity index (χ2n) is 8.35. The molecule has 36 heavy (non-hydrogen) atoms. The van der Waals surface area contributed by atoms with E-state index < -0.39 is 29.7 Å². The van der Waals surface area contributed by atoms with Crippen molar-refractivity contribution in [3.8, 4) is 11.5 Å². The molecule has 0 spiro atoms. The topological polar surface area (TPSA) is 105 Å². The summed E-state index contributed by atoms with van der Waals surface area (Å²) in [7, 11) is 0. The molecule has 2 aliphatic rings. The molecule has 0 radical (unpaired) electrons. The molecule has 182 valence electrons. The second-order valence-corrected chi connectivity index (χ2v) is 8.35. The molecule has 2 aliphatic heterocycles. The fourth-order valence-corrected chi connectivity index (χ4v) is 4.21. The average Bonchev–Trinajstić information content (AvgIpc) is 3.21. The zero-order valence-electron chi connectivity index (χ0n) is 19.3. The lowest BCUT2D eigenvalue weighted by Crippen LogP contribution is -2.55. The number of hydrogen-bond donors (Lipinski definition) is 1. The first-order valence-corrected chi connectivity index (χ1v) is 11.5. The number of nitrogens with one attached hydrogen (secondary N) is 1. The van der Waals surface area contributed by atoms with Crippen molar-refractivity contribution in [2.24, 2.45) is 0 Å². The Morgan fingerprint density at radius 1 is 0.889 bits per heavy atom. The maximum atomic E-state index is 13.5. The number of carbonyl (C=O) groups excluding carboxylic acids is 4. The first-order chi connectivity index (χ1) is 17.5. The normalized spacial score (nSPS) is 16.6. The van der Waals surface area contributed by atoms with Crippen LogP contribution in [0.4, 0.5) is 5.69 Å². The Kier molecular flexibility index (Phi) is 6.36. The number of carbonyl (C=O) groups is 4. The lowest BCUT2D eigenvalue weighted by molar-refractivity contribution is -0.128. The molecular formula is C27H23N3O6. The van der Waals surface area contributed by atoms with Crippen LogP contribution in [0.3, 0.4) is 0 Å². The number of imide groups is 1. The lowest BCUT2D eigenvalue weighted by atomic mass is 10.1. The highest BCUT2D eigenvalue weighted by atomic mass is 16.6. The van der Waals surface area contributed by atoms with E-state index in [1.54, 1.807) is 72.8 Å². The average molecular weight is 485 g/mol. The third-order valence-electron chi connectivity index (χ3n) is 5.91. The first kappa shape index (κ1) is 23.1. The van der Waals surface area contributed by atoms with E-state index in [1.807, 2.05) is 6.07 Å². The van der Waals surface area contributed by atoms with Gasteiger partial charge in [-0.3, -0.25) is 24.6 Å². The van der Waals surface area contributed by atoms with Gasteiger partial charge in [-0.15, -0.1) is 0 Å². The van der Waals surface area contributed by atoms with Gasteiger partial charge in [-0.2, -0.15) is 0 Å². The van der Waals surface area contributed by atoms with Gasteiger partial charge in [0, 0.05) is 11.6 Å². The van der Waals surface area contributed by atoms with E-state index in [0.29, 0.717) is 30.4 Å². The van der Waals surface area contributed by atoms with Gasteiger partial charge in [-0.05, 0) is 29.8 Å². The fraction of sp³-hybridized carbons (Fsp3) is 0.185. The minimum atomic E-state index is -1.21. The van der Waals surface area contributed by atoms with Crippen molar-refractivity contribution < 1.29 is 28.7 Å². The van der Waals surface area contributed by atoms with Gasteiger partial charge in [0.05, 0.1) is 18.5 Å². The van der Waals surface area contributed by atoms with Crippen molar-refractivity contribution in [1.29, 1.82) is 0 Å². The van der Waals surface area contributed by atoms with Crippen LogP contribution in [-0.4, -0.2) is 47.9 Å². The van der Waals surface area contributed by atoms with Crippen LogP contribution in [0.15, 0.2) is 78.9 Å². The molecule has 0 aromatic heterocycles. The highest BCUT2D eigenvalue weighted by Crippen LogP contribution is 2.36. The lowest BCUT2D eigenvalue weighted by Gasteiger charge is -2.28. The number of hydrogen-bond acceptors (Lipinski definition) is 6. The maximum Gasteiger partial charge on any atom is 0.273 e. The summed E-state index contributed by atoms with van der Waals surface area (Å²) in [6.45, 7) is 0.767. The Morgan fingerprint density at radius 3 is 2.28 bits per heavy atom. The summed E-state index contributed by atoms with van der Waals surface area (Å²) in [4.78, 5) is 53.8. The number of hydrazine groups is 1. The predicted octanol–water partition coefficient (Wildman–Crippen LogP) is 2.51. The van der Waals surface area contributed by atoms with E-state index in [-0.39, 0.29) is 18.4 Å². The van der Waals surface area contributed by atoms with Gasteiger partial charge >= 0.3 is 0 Å². The van der Waals surface area contributed by atoms with Crippen molar-refractivity contribution >= 4 is 29.3 Å². The standard InChI is InChI=1S/C27H23N3O6/c31-24(15-18-7-3-1-4-8-18)28-30(26(33)19-9-5-2-6-10-19)21-17-25(32)29(27(21)34)20-11-12-22-23(16-20)36-14-13-35-22/h1-12,16,21H,13-15,17H2,(H,28,31).